The molecule has 17 heavy (non-hydrogen) atoms. The van der Waals surface area contributed by atoms with Crippen molar-refractivity contribution >= 4 is 39.9 Å². The number of rotatable bonds is 6. The van der Waals surface area contributed by atoms with E-state index in [0.717, 1.165) is 14.3 Å². The molecule has 4 nitrogen and oxygen atoms in total. The van der Waals surface area contributed by atoms with Gasteiger partial charge >= 0.3 is 5.97 Å². The van der Waals surface area contributed by atoms with Gasteiger partial charge in [-0.25, -0.2) is 4.98 Å². The summed E-state index contributed by atoms with van der Waals surface area (Å²) in [6.07, 6.45) is 2.76. The van der Waals surface area contributed by atoms with Crippen molar-refractivity contribution in [3.8, 4) is 0 Å². The fourth-order valence-electron chi connectivity index (χ4n) is 1.45. The van der Waals surface area contributed by atoms with Crippen molar-refractivity contribution < 1.29 is 9.53 Å². The molecule has 2 unspecified atom stereocenters. The lowest BCUT2D eigenvalue weighted by atomic mass is 9.99. The monoisotopic (exact) mass is 368 g/mol. The molecule has 1 aromatic rings. The number of aromatic nitrogens is 1. The van der Waals surface area contributed by atoms with Crippen LogP contribution >= 0.6 is 33.9 Å². The summed E-state index contributed by atoms with van der Waals surface area (Å²) in [6.45, 7) is 4.71. The minimum Gasteiger partial charge on any atom is -0.468 e. The number of methoxy groups -OCH3 is 1. The number of nitrogens with zero attached hydrogens (tertiary/aromatic N) is 1. The molecule has 6 heteroatoms. The number of halogens is 1. The first-order chi connectivity index (χ1) is 8.08. The molecule has 0 bridgehead atoms. The van der Waals surface area contributed by atoms with Crippen LogP contribution < -0.4 is 5.32 Å². The average Bonchev–Trinajstić information content (AvgIpc) is 2.74. The summed E-state index contributed by atoms with van der Waals surface area (Å²) in [5, 5.41) is 4.21. The number of ether oxygens (including phenoxy) is 1. The van der Waals surface area contributed by atoms with E-state index in [1.165, 1.54) is 7.11 Å². The number of thiazole rings is 1. The van der Waals surface area contributed by atoms with Crippen LogP contribution in [0, 0.1) is 8.80 Å². The van der Waals surface area contributed by atoms with Crippen LogP contribution in [0.4, 0.5) is 0 Å². The maximum absolute atomic E-state index is 11.6. The van der Waals surface area contributed by atoms with E-state index in [1.807, 2.05) is 13.1 Å². The van der Waals surface area contributed by atoms with Gasteiger partial charge < -0.3 is 4.74 Å². The fraction of sp³-hybridized carbons (Fsp3) is 0.636. The smallest absolute Gasteiger partial charge is 0.323 e. The van der Waals surface area contributed by atoms with Crippen LogP contribution in [0.2, 0.25) is 0 Å². The summed E-state index contributed by atoms with van der Waals surface area (Å²) in [5.41, 5.74) is 0. The van der Waals surface area contributed by atoms with E-state index in [1.54, 1.807) is 11.3 Å². The van der Waals surface area contributed by atoms with Gasteiger partial charge in [-0.1, -0.05) is 20.3 Å². The quantitative estimate of drug-likeness (QED) is 0.619. The van der Waals surface area contributed by atoms with Crippen molar-refractivity contribution in [2.24, 2.45) is 5.92 Å². The molecule has 0 aromatic carbocycles. The van der Waals surface area contributed by atoms with Gasteiger partial charge in [0, 0.05) is 6.54 Å². The molecular weight excluding hydrogens is 351 g/mol. The van der Waals surface area contributed by atoms with Gasteiger partial charge in [0.1, 0.15) is 11.0 Å². The largest absolute Gasteiger partial charge is 0.468 e. The molecule has 0 amide bonds. The third-order valence-corrected chi connectivity index (χ3v) is 4.39. The van der Waals surface area contributed by atoms with Gasteiger partial charge in [-0.05, 0) is 28.5 Å². The van der Waals surface area contributed by atoms with E-state index in [4.69, 9.17) is 4.74 Å². The van der Waals surface area contributed by atoms with Crippen molar-refractivity contribution in [1.29, 1.82) is 0 Å². The highest BCUT2D eigenvalue weighted by molar-refractivity contribution is 14.1. The fourth-order valence-corrected chi connectivity index (χ4v) is 2.94. The third-order valence-electron chi connectivity index (χ3n) is 2.67. The van der Waals surface area contributed by atoms with Gasteiger partial charge in [-0.15, -0.1) is 11.3 Å². The van der Waals surface area contributed by atoms with Gasteiger partial charge in [0.2, 0.25) is 0 Å². The van der Waals surface area contributed by atoms with Crippen LogP contribution in [0.3, 0.4) is 0 Å². The van der Waals surface area contributed by atoms with Crippen LogP contribution in [-0.4, -0.2) is 24.1 Å². The van der Waals surface area contributed by atoms with Gasteiger partial charge in [0.05, 0.1) is 16.2 Å². The minimum atomic E-state index is -0.258. The van der Waals surface area contributed by atoms with Crippen molar-refractivity contribution in [1.82, 2.24) is 10.3 Å². The molecular formula is C11H17IN2O2S. The van der Waals surface area contributed by atoms with Crippen molar-refractivity contribution in [3.05, 3.63) is 14.1 Å². The second-order valence-corrected chi connectivity index (χ2v) is 6.83. The summed E-state index contributed by atoms with van der Waals surface area (Å²) in [7, 11) is 1.42. The first kappa shape index (κ1) is 14.8. The Morgan fingerprint density at radius 2 is 2.41 bits per heavy atom. The van der Waals surface area contributed by atoms with Crippen molar-refractivity contribution in [2.75, 3.05) is 7.11 Å². The predicted molar refractivity (Wildman–Crippen MR) is 76.9 cm³/mol. The molecule has 0 saturated heterocycles. The van der Waals surface area contributed by atoms with Gasteiger partial charge in [-0.2, -0.15) is 0 Å². The number of hydrogen-bond donors (Lipinski definition) is 1. The molecule has 96 valence electrons. The van der Waals surface area contributed by atoms with Crippen LogP contribution in [0.25, 0.3) is 0 Å². The van der Waals surface area contributed by atoms with E-state index >= 15 is 0 Å². The van der Waals surface area contributed by atoms with Crippen LogP contribution in [0.15, 0.2) is 6.20 Å². The molecule has 1 heterocycles. The van der Waals surface area contributed by atoms with Gasteiger partial charge in [-0.3, -0.25) is 10.1 Å². The van der Waals surface area contributed by atoms with Crippen LogP contribution in [0.5, 0.6) is 0 Å². The molecule has 1 aromatic heterocycles. The van der Waals surface area contributed by atoms with Crippen LogP contribution in [-0.2, 0) is 16.1 Å². The SMILES string of the molecule is CCC(C)C(NCc1ncc(I)s1)C(=O)OC. The summed E-state index contributed by atoms with van der Waals surface area (Å²) in [4.78, 5) is 15.9. The first-order valence-corrected chi connectivity index (χ1v) is 7.39. The molecule has 0 aliphatic rings. The lowest BCUT2D eigenvalue weighted by molar-refractivity contribution is -0.144. The minimum absolute atomic E-state index is 0.203. The summed E-state index contributed by atoms with van der Waals surface area (Å²) >= 11 is 3.87. The van der Waals surface area contributed by atoms with Gasteiger partial charge in [0.25, 0.3) is 0 Å². The number of esters is 1. The Hall–Kier alpha value is -0.210. The second kappa shape index (κ2) is 7.27. The second-order valence-electron chi connectivity index (χ2n) is 3.83. The molecule has 0 saturated carbocycles. The molecule has 1 rings (SSSR count). The standard InChI is InChI=1S/C11H17IN2O2S/c1-4-7(2)10(11(15)16-3)14-6-9-13-5-8(12)17-9/h5,7,10,14H,4,6H2,1-3H3. The van der Waals surface area contributed by atoms with Gasteiger partial charge in [0.15, 0.2) is 0 Å². The van der Waals surface area contributed by atoms with E-state index in [0.29, 0.717) is 6.54 Å². The Labute approximate surface area is 119 Å². The molecule has 0 fully saturated rings. The maximum atomic E-state index is 11.6. The lowest BCUT2D eigenvalue weighted by Gasteiger charge is -2.21. The zero-order valence-corrected chi connectivity index (χ0v) is 13.2. The molecule has 0 aliphatic carbocycles. The molecule has 0 spiro atoms. The first-order valence-electron chi connectivity index (χ1n) is 5.49. The summed E-state index contributed by atoms with van der Waals surface area (Å²) in [6, 6.07) is -0.258. The number of carbonyl (C=O) groups excluding carboxylic acids is 1. The highest BCUT2D eigenvalue weighted by Crippen LogP contribution is 2.16. The van der Waals surface area contributed by atoms with Crippen LogP contribution in [0.1, 0.15) is 25.3 Å². The number of nitrogens with one attached hydrogen (secondary N) is 1. The summed E-state index contributed by atoms with van der Waals surface area (Å²) in [5.74, 6) is 0.0482. The normalized spacial score (nSPS) is 14.4. The van der Waals surface area contributed by atoms with Crippen molar-refractivity contribution in [3.63, 3.8) is 0 Å². The number of hydrogen-bond acceptors (Lipinski definition) is 5. The highest BCUT2D eigenvalue weighted by atomic mass is 127. The van der Waals surface area contributed by atoms with Crippen molar-refractivity contribution in [2.45, 2.75) is 32.9 Å². The zero-order chi connectivity index (χ0) is 12.8. The molecule has 0 radical (unpaired) electrons. The average molecular weight is 368 g/mol. The Morgan fingerprint density at radius 1 is 1.71 bits per heavy atom. The van der Waals surface area contributed by atoms with E-state index in [2.05, 4.69) is 39.8 Å². The molecule has 1 N–H and O–H groups in total. The number of carbonyl (C=O) groups is 1. The molecule has 2 atom stereocenters. The maximum Gasteiger partial charge on any atom is 0.323 e. The predicted octanol–water partition coefficient (Wildman–Crippen LogP) is 2.43. The van der Waals surface area contributed by atoms with E-state index in [-0.39, 0.29) is 17.9 Å². The van der Waals surface area contributed by atoms with E-state index in [9.17, 15) is 4.79 Å². The Kier molecular flexibility index (Phi) is 6.35. The Balaban J connectivity index is 2.57. The zero-order valence-electron chi connectivity index (χ0n) is 10.2. The molecule has 0 aliphatic heterocycles. The summed E-state index contributed by atoms with van der Waals surface area (Å²) < 4.78 is 5.96. The highest BCUT2D eigenvalue weighted by Gasteiger charge is 2.24. The Bertz CT molecular complexity index is 370. The van der Waals surface area contributed by atoms with E-state index < -0.39 is 0 Å². The Morgan fingerprint density at radius 3 is 2.88 bits per heavy atom. The third kappa shape index (κ3) is 4.51. The topological polar surface area (TPSA) is 51.2 Å². The lowest BCUT2D eigenvalue weighted by Crippen LogP contribution is -2.42.